The van der Waals surface area contributed by atoms with Crippen LogP contribution in [0.25, 0.3) is 0 Å². The normalized spacial score (nSPS) is 12.8. The first kappa shape index (κ1) is 22.1. The molecule has 23 heavy (non-hydrogen) atoms. The van der Waals surface area contributed by atoms with Crippen molar-refractivity contribution in [1.82, 2.24) is 10.2 Å². The zero-order chi connectivity index (χ0) is 17.9. The van der Waals surface area contributed by atoms with E-state index in [1.807, 2.05) is 6.26 Å². The van der Waals surface area contributed by atoms with Gasteiger partial charge in [-0.05, 0) is 52.3 Å². The van der Waals surface area contributed by atoms with Crippen molar-refractivity contribution in [2.75, 3.05) is 38.2 Å². The van der Waals surface area contributed by atoms with Crippen LogP contribution in [0.2, 0.25) is 0 Å². The van der Waals surface area contributed by atoms with Gasteiger partial charge in [-0.2, -0.15) is 11.8 Å². The molecule has 0 aliphatic rings. The summed E-state index contributed by atoms with van der Waals surface area (Å²) in [5.74, 6) is 0.350. The number of nitrogens with zero attached hydrogens (tertiary/aromatic N) is 1. The Morgan fingerprint density at radius 1 is 1.22 bits per heavy atom. The number of amides is 1. The molecule has 0 aromatic heterocycles. The molecule has 0 unspecified atom stereocenters. The van der Waals surface area contributed by atoms with Crippen LogP contribution in [0.15, 0.2) is 0 Å². The third-order valence-electron chi connectivity index (χ3n) is 3.13. The summed E-state index contributed by atoms with van der Waals surface area (Å²) in [6, 6.07) is -0.672. The highest BCUT2D eigenvalue weighted by Gasteiger charge is 2.25. The second-order valence-corrected chi connectivity index (χ2v) is 7.16. The third kappa shape index (κ3) is 11.3. The number of hydrogen-bond donors (Lipinski definition) is 1. The highest BCUT2D eigenvalue weighted by atomic mass is 32.2. The minimum absolute atomic E-state index is 0.326. The maximum atomic E-state index is 12.2. The highest BCUT2D eigenvalue weighted by Crippen LogP contribution is 2.09. The van der Waals surface area contributed by atoms with Crippen molar-refractivity contribution >= 4 is 23.8 Å². The van der Waals surface area contributed by atoms with Crippen LogP contribution >= 0.6 is 11.8 Å². The van der Waals surface area contributed by atoms with Gasteiger partial charge in [-0.25, -0.2) is 9.59 Å². The van der Waals surface area contributed by atoms with Gasteiger partial charge in [-0.15, -0.1) is 0 Å². The van der Waals surface area contributed by atoms with E-state index in [4.69, 9.17) is 9.47 Å². The average molecular weight is 349 g/mol. The number of thioether (sulfide) groups is 1. The molecule has 7 heteroatoms. The quantitative estimate of drug-likeness (QED) is 0.612. The Morgan fingerprint density at radius 2 is 1.83 bits per heavy atom. The van der Waals surface area contributed by atoms with Gasteiger partial charge < -0.3 is 19.7 Å². The third-order valence-corrected chi connectivity index (χ3v) is 3.78. The molecular weight excluding hydrogens is 316 g/mol. The van der Waals surface area contributed by atoms with E-state index in [9.17, 15) is 9.59 Å². The largest absolute Gasteiger partial charge is 0.463 e. The van der Waals surface area contributed by atoms with Crippen LogP contribution in [0.1, 0.15) is 41.0 Å². The Hall–Kier alpha value is -0.950. The highest BCUT2D eigenvalue weighted by molar-refractivity contribution is 7.98. The fourth-order valence-electron chi connectivity index (χ4n) is 1.85. The summed E-state index contributed by atoms with van der Waals surface area (Å²) in [7, 11) is 0. The Bertz CT molecular complexity index is 354. The lowest BCUT2D eigenvalue weighted by molar-refractivity contribution is -0.146. The van der Waals surface area contributed by atoms with E-state index < -0.39 is 23.7 Å². The van der Waals surface area contributed by atoms with Gasteiger partial charge in [0.2, 0.25) is 0 Å². The summed E-state index contributed by atoms with van der Waals surface area (Å²) < 4.78 is 10.5. The smallest absolute Gasteiger partial charge is 0.408 e. The Balaban J connectivity index is 4.45. The second kappa shape index (κ2) is 11.6. The minimum atomic E-state index is -0.672. The first-order valence-electron chi connectivity index (χ1n) is 8.10. The van der Waals surface area contributed by atoms with Crippen molar-refractivity contribution in [2.45, 2.75) is 52.7 Å². The van der Waals surface area contributed by atoms with E-state index in [2.05, 4.69) is 24.1 Å². The molecule has 1 atom stereocenters. The summed E-state index contributed by atoms with van der Waals surface area (Å²) in [4.78, 5) is 26.2. The Kier molecular flexibility index (Phi) is 11.1. The molecule has 0 saturated heterocycles. The second-order valence-electron chi connectivity index (χ2n) is 6.17. The monoisotopic (exact) mass is 348 g/mol. The summed E-state index contributed by atoms with van der Waals surface area (Å²) in [5, 5.41) is 2.61. The lowest BCUT2D eigenvalue weighted by Crippen LogP contribution is -2.45. The zero-order valence-corrected chi connectivity index (χ0v) is 16.1. The van der Waals surface area contributed by atoms with Gasteiger partial charge in [0.15, 0.2) is 0 Å². The summed E-state index contributed by atoms with van der Waals surface area (Å²) >= 11 is 1.62. The van der Waals surface area contributed by atoms with Gasteiger partial charge >= 0.3 is 12.1 Å². The number of carbonyl (C=O) groups excluding carboxylic acids is 2. The minimum Gasteiger partial charge on any atom is -0.463 e. The van der Waals surface area contributed by atoms with Crippen LogP contribution in [-0.2, 0) is 14.3 Å². The Morgan fingerprint density at radius 3 is 2.30 bits per heavy atom. The molecule has 6 nitrogen and oxygen atoms in total. The van der Waals surface area contributed by atoms with Crippen LogP contribution in [0.3, 0.4) is 0 Å². The van der Waals surface area contributed by atoms with Crippen molar-refractivity contribution in [3.05, 3.63) is 0 Å². The number of nitrogens with one attached hydrogen (secondary N) is 1. The number of hydrogen-bond acceptors (Lipinski definition) is 6. The molecule has 0 rings (SSSR count). The number of esters is 1. The summed E-state index contributed by atoms with van der Waals surface area (Å²) in [6.45, 7) is 12.3. The lowest BCUT2D eigenvalue weighted by atomic mass is 10.2. The van der Waals surface area contributed by atoms with Crippen LogP contribution in [0, 0.1) is 0 Å². The molecule has 1 amide bonds. The van der Waals surface area contributed by atoms with Gasteiger partial charge in [-0.3, -0.25) is 0 Å². The predicted molar refractivity (Wildman–Crippen MR) is 94.9 cm³/mol. The summed E-state index contributed by atoms with van der Waals surface area (Å²) in [5.41, 5.74) is -0.596. The summed E-state index contributed by atoms with van der Waals surface area (Å²) in [6.07, 6.45) is 1.88. The fourth-order valence-corrected chi connectivity index (χ4v) is 2.32. The molecule has 1 N–H and O–H groups in total. The van der Waals surface area contributed by atoms with Gasteiger partial charge in [-0.1, -0.05) is 13.8 Å². The topological polar surface area (TPSA) is 67.9 Å². The molecule has 136 valence electrons. The van der Waals surface area contributed by atoms with Gasteiger partial charge in [0.05, 0.1) is 0 Å². The molecule has 0 aromatic carbocycles. The molecule has 0 spiro atoms. The van der Waals surface area contributed by atoms with Crippen molar-refractivity contribution in [3.8, 4) is 0 Å². The van der Waals surface area contributed by atoms with E-state index in [0.29, 0.717) is 19.6 Å². The lowest BCUT2D eigenvalue weighted by Gasteiger charge is -2.23. The number of ether oxygens (including phenoxy) is 2. The van der Waals surface area contributed by atoms with Crippen LogP contribution in [0.4, 0.5) is 4.79 Å². The predicted octanol–water partition coefficient (Wildman–Crippen LogP) is 2.52. The zero-order valence-electron chi connectivity index (χ0n) is 15.3. The van der Waals surface area contributed by atoms with E-state index in [1.165, 1.54) is 0 Å². The van der Waals surface area contributed by atoms with E-state index in [0.717, 1.165) is 18.8 Å². The molecule has 0 saturated carbocycles. The standard InChI is InChI=1S/C16H32N2O4S/c1-7-18(8-2)10-11-21-14(19)13(9-12-23-6)17-15(20)22-16(3,4)5/h13H,7-12H2,1-6H3,(H,17,20)/t13-/m0/s1. The number of alkyl carbamates (subject to hydrolysis) is 1. The molecule has 0 aliphatic carbocycles. The van der Waals surface area contributed by atoms with Crippen molar-refractivity contribution < 1.29 is 19.1 Å². The van der Waals surface area contributed by atoms with Crippen molar-refractivity contribution in [3.63, 3.8) is 0 Å². The molecule has 0 radical (unpaired) electrons. The number of rotatable bonds is 10. The van der Waals surface area contributed by atoms with Crippen LogP contribution in [0.5, 0.6) is 0 Å². The molecular formula is C16H32N2O4S. The van der Waals surface area contributed by atoms with Crippen LogP contribution in [-0.4, -0.2) is 66.9 Å². The average Bonchev–Trinajstić information content (AvgIpc) is 2.45. The first-order chi connectivity index (χ1) is 10.7. The Labute approximate surface area is 144 Å². The first-order valence-corrected chi connectivity index (χ1v) is 9.50. The maximum absolute atomic E-state index is 12.2. The van der Waals surface area contributed by atoms with E-state index in [1.54, 1.807) is 32.5 Å². The van der Waals surface area contributed by atoms with Gasteiger partial charge in [0, 0.05) is 6.54 Å². The SMILES string of the molecule is CCN(CC)CCOC(=O)[C@H](CCSC)NC(=O)OC(C)(C)C. The maximum Gasteiger partial charge on any atom is 0.408 e. The van der Waals surface area contributed by atoms with Crippen molar-refractivity contribution in [1.29, 1.82) is 0 Å². The van der Waals surface area contributed by atoms with E-state index >= 15 is 0 Å². The fraction of sp³-hybridized carbons (Fsp3) is 0.875. The molecule has 0 fully saturated rings. The number of carbonyl (C=O) groups is 2. The molecule has 0 aromatic rings. The van der Waals surface area contributed by atoms with E-state index in [-0.39, 0.29) is 0 Å². The van der Waals surface area contributed by atoms with Gasteiger partial charge in [0.25, 0.3) is 0 Å². The molecule has 0 bridgehead atoms. The number of likely N-dealkylation sites (N-methyl/N-ethyl adjacent to an activating group) is 1. The van der Waals surface area contributed by atoms with Gasteiger partial charge in [0.1, 0.15) is 18.2 Å². The van der Waals surface area contributed by atoms with Crippen molar-refractivity contribution in [2.24, 2.45) is 0 Å². The van der Waals surface area contributed by atoms with Crippen LogP contribution < -0.4 is 5.32 Å². The molecule has 0 heterocycles. The molecule has 0 aliphatic heterocycles.